The fourth-order valence-corrected chi connectivity index (χ4v) is 5.67. The van der Waals surface area contributed by atoms with Gasteiger partial charge >= 0.3 is 6.03 Å². The Hall–Kier alpha value is -0.830. The molecule has 2 heterocycles. The molecule has 0 spiro atoms. The first kappa shape index (κ1) is 25.4. The number of nitrogens with zero attached hydrogens (tertiary/aromatic N) is 1. The number of carbonyl (C=O) groups excluding carboxylic acids is 2. The maximum absolute atomic E-state index is 12.1. The molecule has 2 aliphatic rings. The number of Topliss-reactive ketones (excluding diaryl/α,β-unsaturated/α-hetero) is 1. The van der Waals surface area contributed by atoms with Crippen molar-refractivity contribution in [3.8, 4) is 0 Å². The minimum Gasteiger partial charge on any atom is -0.379 e. The number of rotatable bonds is 18. The van der Waals surface area contributed by atoms with E-state index in [4.69, 9.17) is 14.2 Å². The summed E-state index contributed by atoms with van der Waals surface area (Å²) in [5, 5.41) is 3.59. The Morgan fingerprint density at radius 3 is 2.37 bits per heavy atom. The SMILES string of the molecule is CCCOCCOCCOCCCC(=O)CCCC[C@@H]1SC[C@@H]2NC(=O)N(CC)[C@@H]21. The number of hydrogen-bond acceptors (Lipinski definition) is 6. The zero-order valence-corrected chi connectivity index (χ0v) is 19.6. The van der Waals surface area contributed by atoms with E-state index in [9.17, 15) is 9.59 Å². The fourth-order valence-electron chi connectivity index (χ4n) is 4.06. The molecule has 0 aromatic rings. The quantitative estimate of drug-likeness (QED) is 0.258. The van der Waals surface area contributed by atoms with Gasteiger partial charge in [0.2, 0.25) is 0 Å². The van der Waals surface area contributed by atoms with E-state index < -0.39 is 0 Å². The summed E-state index contributed by atoms with van der Waals surface area (Å²) in [6.45, 7) is 8.66. The van der Waals surface area contributed by atoms with Gasteiger partial charge in [-0.2, -0.15) is 11.8 Å². The van der Waals surface area contributed by atoms with Crippen molar-refractivity contribution in [1.29, 1.82) is 0 Å². The maximum atomic E-state index is 12.1. The van der Waals surface area contributed by atoms with Gasteiger partial charge in [0.05, 0.1) is 38.5 Å². The highest BCUT2D eigenvalue weighted by molar-refractivity contribution is 8.00. The molecule has 7 nitrogen and oxygen atoms in total. The van der Waals surface area contributed by atoms with E-state index >= 15 is 0 Å². The van der Waals surface area contributed by atoms with Gasteiger partial charge in [0.25, 0.3) is 0 Å². The van der Waals surface area contributed by atoms with Gasteiger partial charge in [0.15, 0.2) is 0 Å². The Balaban J connectivity index is 1.41. The second-order valence-corrected chi connectivity index (χ2v) is 9.20. The molecule has 0 radical (unpaired) electrons. The van der Waals surface area contributed by atoms with Crippen molar-refractivity contribution in [2.45, 2.75) is 76.1 Å². The molecule has 0 aromatic carbocycles. The molecule has 0 saturated carbocycles. The molecule has 3 atom stereocenters. The van der Waals surface area contributed by atoms with Crippen LogP contribution >= 0.6 is 11.8 Å². The topological polar surface area (TPSA) is 77.1 Å². The number of amides is 2. The van der Waals surface area contributed by atoms with E-state index in [2.05, 4.69) is 12.2 Å². The molecular weight excluding hydrogens is 404 g/mol. The van der Waals surface area contributed by atoms with Gasteiger partial charge in [-0.1, -0.05) is 13.3 Å². The number of thioether (sulfide) groups is 1. The van der Waals surface area contributed by atoms with Crippen LogP contribution in [0.25, 0.3) is 0 Å². The molecule has 0 unspecified atom stereocenters. The minimum absolute atomic E-state index is 0.0859. The number of unbranched alkanes of at least 4 members (excludes halogenated alkanes) is 1. The molecule has 0 bridgehead atoms. The Bertz CT molecular complexity index is 508. The summed E-state index contributed by atoms with van der Waals surface area (Å²) in [6.07, 6.45) is 6.12. The highest BCUT2D eigenvalue weighted by atomic mass is 32.2. The number of ketones is 1. The lowest BCUT2D eigenvalue weighted by molar-refractivity contribution is -0.119. The largest absolute Gasteiger partial charge is 0.379 e. The van der Waals surface area contributed by atoms with Gasteiger partial charge < -0.3 is 24.4 Å². The molecule has 2 amide bonds. The molecule has 174 valence electrons. The Morgan fingerprint density at radius 2 is 1.67 bits per heavy atom. The van der Waals surface area contributed by atoms with Crippen molar-refractivity contribution in [3.63, 3.8) is 0 Å². The zero-order chi connectivity index (χ0) is 21.6. The highest BCUT2D eigenvalue weighted by Crippen LogP contribution is 2.37. The summed E-state index contributed by atoms with van der Waals surface area (Å²) < 4.78 is 16.3. The molecule has 2 aliphatic heterocycles. The van der Waals surface area contributed by atoms with E-state index in [1.807, 2.05) is 23.6 Å². The number of likely N-dealkylation sites (N-methyl/N-ethyl adjacent to an activating group) is 1. The number of urea groups is 1. The van der Waals surface area contributed by atoms with E-state index in [1.54, 1.807) is 0 Å². The molecular formula is C22H40N2O5S. The summed E-state index contributed by atoms with van der Waals surface area (Å²) in [5.41, 5.74) is 0. The van der Waals surface area contributed by atoms with Crippen LogP contribution < -0.4 is 5.32 Å². The van der Waals surface area contributed by atoms with Crippen LogP contribution in [0.5, 0.6) is 0 Å². The number of hydrogen-bond donors (Lipinski definition) is 1. The van der Waals surface area contributed by atoms with Crippen LogP contribution in [0.15, 0.2) is 0 Å². The van der Waals surface area contributed by atoms with Gasteiger partial charge in [0.1, 0.15) is 5.78 Å². The van der Waals surface area contributed by atoms with Crippen molar-refractivity contribution in [1.82, 2.24) is 10.2 Å². The average molecular weight is 445 g/mol. The van der Waals surface area contributed by atoms with Crippen molar-refractivity contribution >= 4 is 23.6 Å². The Morgan fingerprint density at radius 1 is 1.00 bits per heavy atom. The smallest absolute Gasteiger partial charge is 0.318 e. The van der Waals surface area contributed by atoms with E-state index in [0.29, 0.717) is 69.0 Å². The summed E-state index contributed by atoms with van der Waals surface area (Å²) in [4.78, 5) is 26.0. The molecule has 0 aliphatic carbocycles. The molecule has 2 rings (SSSR count). The van der Waals surface area contributed by atoms with Gasteiger partial charge in [0, 0.05) is 43.6 Å². The number of carbonyl (C=O) groups is 2. The lowest BCUT2D eigenvalue weighted by atomic mass is 10.0. The molecule has 8 heteroatoms. The molecule has 30 heavy (non-hydrogen) atoms. The van der Waals surface area contributed by atoms with Crippen molar-refractivity contribution in [3.05, 3.63) is 0 Å². The normalized spacial score (nSPS) is 23.1. The van der Waals surface area contributed by atoms with Crippen LogP contribution in [0, 0.1) is 0 Å². The van der Waals surface area contributed by atoms with Crippen molar-refractivity contribution in [2.75, 3.05) is 51.9 Å². The van der Waals surface area contributed by atoms with Crippen LogP contribution in [-0.4, -0.2) is 86.0 Å². The van der Waals surface area contributed by atoms with Gasteiger partial charge in [-0.3, -0.25) is 4.79 Å². The number of nitrogens with one attached hydrogen (secondary N) is 1. The Labute approximate surface area is 185 Å². The lowest BCUT2D eigenvalue weighted by Crippen LogP contribution is -2.40. The Kier molecular flexibility index (Phi) is 12.8. The monoisotopic (exact) mass is 444 g/mol. The lowest BCUT2D eigenvalue weighted by Gasteiger charge is -2.26. The molecule has 1 N–H and O–H groups in total. The molecule has 2 saturated heterocycles. The van der Waals surface area contributed by atoms with E-state index in [0.717, 1.165) is 51.0 Å². The standard InChI is InChI=1S/C22H40N2O5S/c1-3-11-27-13-15-29-16-14-28-12-7-9-18(25)8-5-6-10-20-21-19(17-30-20)23-22(26)24(21)4-2/h19-21H,3-17H2,1-2H3,(H,23,26)/t19-,20-,21-/m0/s1. The van der Waals surface area contributed by atoms with Crippen LogP contribution in [0.1, 0.15) is 58.8 Å². The predicted octanol–water partition coefficient (Wildman–Crippen LogP) is 3.25. The first-order chi connectivity index (χ1) is 14.7. The van der Waals surface area contributed by atoms with Crippen LogP contribution in [0.3, 0.4) is 0 Å². The van der Waals surface area contributed by atoms with Gasteiger partial charge in [-0.05, 0) is 32.6 Å². The molecule has 0 aromatic heterocycles. The second kappa shape index (κ2) is 15.1. The second-order valence-electron chi connectivity index (χ2n) is 7.93. The van der Waals surface area contributed by atoms with Gasteiger partial charge in [-0.15, -0.1) is 0 Å². The third kappa shape index (κ3) is 8.73. The predicted molar refractivity (Wildman–Crippen MR) is 120 cm³/mol. The first-order valence-electron chi connectivity index (χ1n) is 11.6. The third-order valence-corrected chi connectivity index (χ3v) is 7.08. The van der Waals surface area contributed by atoms with Crippen LogP contribution in [0.2, 0.25) is 0 Å². The maximum Gasteiger partial charge on any atom is 0.318 e. The summed E-state index contributed by atoms with van der Waals surface area (Å²) >= 11 is 1.97. The van der Waals surface area contributed by atoms with Gasteiger partial charge in [-0.25, -0.2) is 4.79 Å². The third-order valence-electron chi connectivity index (χ3n) is 5.58. The van der Waals surface area contributed by atoms with Crippen LogP contribution in [0.4, 0.5) is 4.79 Å². The first-order valence-corrected chi connectivity index (χ1v) is 12.7. The van der Waals surface area contributed by atoms with Crippen molar-refractivity contribution < 1.29 is 23.8 Å². The van der Waals surface area contributed by atoms with E-state index in [1.165, 1.54) is 0 Å². The molecule has 2 fully saturated rings. The number of ether oxygens (including phenoxy) is 3. The zero-order valence-electron chi connectivity index (χ0n) is 18.7. The summed E-state index contributed by atoms with van der Waals surface area (Å²) in [7, 11) is 0. The van der Waals surface area contributed by atoms with E-state index in [-0.39, 0.29) is 6.03 Å². The number of fused-ring (bicyclic) bond motifs is 1. The minimum atomic E-state index is 0.0859. The van der Waals surface area contributed by atoms with Crippen LogP contribution in [-0.2, 0) is 19.0 Å². The summed E-state index contributed by atoms with van der Waals surface area (Å²) in [6, 6.07) is 0.713. The van der Waals surface area contributed by atoms with Crippen molar-refractivity contribution in [2.24, 2.45) is 0 Å². The highest BCUT2D eigenvalue weighted by Gasteiger charge is 2.47. The fraction of sp³-hybridized carbons (Fsp3) is 0.909. The average Bonchev–Trinajstić information content (AvgIpc) is 3.27. The summed E-state index contributed by atoms with van der Waals surface area (Å²) in [5.74, 6) is 1.33.